The summed E-state index contributed by atoms with van der Waals surface area (Å²) >= 11 is 0. The first-order valence-electron chi connectivity index (χ1n) is 6.31. The summed E-state index contributed by atoms with van der Waals surface area (Å²) < 4.78 is 5.47. The summed E-state index contributed by atoms with van der Waals surface area (Å²) in [6.45, 7) is 8.43. The Bertz CT molecular complexity index is 149. The van der Waals surface area contributed by atoms with Gasteiger partial charge in [0.25, 0.3) is 0 Å². The maximum Gasteiger partial charge on any atom is 0.0593 e. The van der Waals surface area contributed by atoms with E-state index in [0.717, 1.165) is 39.3 Å². The molecule has 0 aromatic carbocycles. The van der Waals surface area contributed by atoms with E-state index in [-0.39, 0.29) is 0 Å². The number of nitrogens with one attached hydrogen (secondary N) is 1. The number of hydrogen-bond donors (Lipinski definition) is 1. The first-order chi connectivity index (χ1) is 7.77. The summed E-state index contributed by atoms with van der Waals surface area (Å²) in [5, 5.41) is 3.39. The van der Waals surface area contributed by atoms with Gasteiger partial charge in [0, 0.05) is 13.1 Å². The lowest BCUT2D eigenvalue weighted by molar-refractivity contribution is 0.119. The Morgan fingerprint density at radius 2 is 1.94 bits per heavy atom. The van der Waals surface area contributed by atoms with E-state index in [1.807, 2.05) is 6.08 Å². The highest BCUT2D eigenvalue weighted by Gasteiger charge is 1.91. The minimum Gasteiger partial charge on any atom is -0.379 e. The topological polar surface area (TPSA) is 24.5 Å². The first-order valence-corrected chi connectivity index (χ1v) is 6.31. The predicted molar refractivity (Wildman–Crippen MR) is 70.9 cm³/mol. The number of nitrogens with zero attached hydrogens (tertiary/aromatic N) is 1. The second-order valence-corrected chi connectivity index (χ2v) is 4.30. The number of likely N-dealkylation sites (N-methyl/N-ethyl adjacent to an activating group) is 1. The molecule has 0 amide bonds. The van der Waals surface area contributed by atoms with Crippen LogP contribution in [0.25, 0.3) is 0 Å². The fourth-order valence-electron chi connectivity index (χ4n) is 1.33. The molecule has 0 aromatic rings. The molecule has 96 valence electrons. The molecule has 0 aromatic heterocycles. The second kappa shape index (κ2) is 12.7. The van der Waals surface area contributed by atoms with Gasteiger partial charge in [-0.1, -0.05) is 12.5 Å². The van der Waals surface area contributed by atoms with Gasteiger partial charge in [-0.15, -0.1) is 6.58 Å². The normalized spacial score (nSPS) is 10.9. The molecule has 0 radical (unpaired) electrons. The Balaban J connectivity index is 2.90. The number of unbranched alkanes of at least 4 members (excludes halogenated alkanes) is 3. The number of rotatable bonds is 12. The molecule has 1 N–H and O–H groups in total. The smallest absolute Gasteiger partial charge is 0.0593 e. The summed E-state index contributed by atoms with van der Waals surface area (Å²) in [5.74, 6) is 0. The molecule has 0 heterocycles. The zero-order valence-electron chi connectivity index (χ0n) is 11.0. The van der Waals surface area contributed by atoms with Crippen molar-refractivity contribution in [3.63, 3.8) is 0 Å². The van der Waals surface area contributed by atoms with E-state index >= 15 is 0 Å². The van der Waals surface area contributed by atoms with E-state index < -0.39 is 0 Å². The van der Waals surface area contributed by atoms with E-state index in [4.69, 9.17) is 4.74 Å². The molecule has 16 heavy (non-hydrogen) atoms. The zero-order chi connectivity index (χ0) is 12.1. The van der Waals surface area contributed by atoms with Crippen LogP contribution in [0.4, 0.5) is 0 Å². The Hall–Kier alpha value is -0.380. The largest absolute Gasteiger partial charge is 0.379 e. The lowest BCUT2D eigenvalue weighted by Gasteiger charge is -2.10. The van der Waals surface area contributed by atoms with Crippen molar-refractivity contribution in [3.8, 4) is 0 Å². The van der Waals surface area contributed by atoms with Crippen LogP contribution >= 0.6 is 0 Å². The Labute approximate surface area is 101 Å². The van der Waals surface area contributed by atoms with Crippen LogP contribution in [0.5, 0.6) is 0 Å². The molecule has 0 aliphatic rings. The SMILES string of the molecule is C=CCCCCCNCCOCCN(C)C. The molecule has 0 unspecified atom stereocenters. The van der Waals surface area contributed by atoms with Gasteiger partial charge in [-0.05, 0) is 39.9 Å². The van der Waals surface area contributed by atoms with E-state index in [1.165, 1.54) is 19.3 Å². The lowest BCUT2D eigenvalue weighted by atomic mass is 10.2. The zero-order valence-corrected chi connectivity index (χ0v) is 11.0. The molecule has 0 fully saturated rings. The average Bonchev–Trinajstić information content (AvgIpc) is 2.25. The maximum absolute atomic E-state index is 5.47. The van der Waals surface area contributed by atoms with Crippen molar-refractivity contribution < 1.29 is 4.74 Å². The molecular formula is C13H28N2O. The molecule has 0 aliphatic carbocycles. The highest BCUT2D eigenvalue weighted by atomic mass is 16.5. The quantitative estimate of drug-likeness (QED) is 0.408. The van der Waals surface area contributed by atoms with Crippen molar-refractivity contribution in [3.05, 3.63) is 12.7 Å². The van der Waals surface area contributed by atoms with Gasteiger partial charge in [-0.3, -0.25) is 0 Å². The molecule has 0 rings (SSSR count). The van der Waals surface area contributed by atoms with Crippen molar-refractivity contribution in [1.82, 2.24) is 10.2 Å². The summed E-state index contributed by atoms with van der Waals surface area (Å²) in [4.78, 5) is 2.13. The van der Waals surface area contributed by atoms with Crippen molar-refractivity contribution in [2.45, 2.75) is 25.7 Å². The molecule has 0 bridgehead atoms. The first kappa shape index (κ1) is 15.6. The van der Waals surface area contributed by atoms with Crippen LogP contribution in [0.15, 0.2) is 12.7 Å². The molecule has 0 spiro atoms. The van der Waals surface area contributed by atoms with Gasteiger partial charge in [0.2, 0.25) is 0 Å². The monoisotopic (exact) mass is 228 g/mol. The Morgan fingerprint density at radius 1 is 1.12 bits per heavy atom. The number of allylic oxidation sites excluding steroid dienone is 1. The van der Waals surface area contributed by atoms with Crippen molar-refractivity contribution in [1.29, 1.82) is 0 Å². The molecular weight excluding hydrogens is 200 g/mol. The maximum atomic E-state index is 5.47. The van der Waals surface area contributed by atoms with Crippen LogP contribution < -0.4 is 5.32 Å². The van der Waals surface area contributed by atoms with Gasteiger partial charge in [0.15, 0.2) is 0 Å². The fourth-order valence-corrected chi connectivity index (χ4v) is 1.33. The molecule has 0 saturated carbocycles. The number of hydrogen-bond acceptors (Lipinski definition) is 3. The molecule has 0 saturated heterocycles. The minimum absolute atomic E-state index is 0.820. The standard InChI is InChI=1S/C13H28N2O/c1-4-5-6-7-8-9-14-10-12-16-13-11-15(2)3/h4,14H,1,5-13H2,2-3H3. The summed E-state index contributed by atoms with van der Waals surface area (Å²) in [6, 6.07) is 0. The van der Waals surface area contributed by atoms with Crippen LogP contribution in [0.2, 0.25) is 0 Å². The minimum atomic E-state index is 0.820. The molecule has 3 nitrogen and oxygen atoms in total. The summed E-state index contributed by atoms with van der Waals surface area (Å²) in [6.07, 6.45) is 6.95. The predicted octanol–water partition coefficient (Wildman–Crippen LogP) is 1.90. The van der Waals surface area contributed by atoms with Crippen LogP contribution in [0.1, 0.15) is 25.7 Å². The number of ether oxygens (including phenoxy) is 1. The second-order valence-electron chi connectivity index (χ2n) is 4.30. The Morgan fingerprint density at radius 3 is 2.62 bits per heavy atom. The Kier molecular flexibility index (Phi) is 12.4. The third-order valence-corrected chi connectivity index (χ3v) is 2.37. The van der Waals surface area contributed by atoms with Crippen molar-refractivity contribution >= 4 is 0 Å². The highest BCUT2D eigenvalue weighted by Crippen LogP contribution is 1.98. The van der Waals surface area contributed by atoms with E-state index in [9.17, 15) is 0 Å². The third-order valence-electron chi connectivity index (χ3n) is 2.37. The van der Waals surface area contributed by atoms with E-state index in [1.54, 1.807) is 0 Å². The summed E-state index contributed by atoms with van der Waals surface area (Å²) in [7, 11) is 4.12. The molecule has 3 heteroatoms. The summed E-state index contributed by atoms with van der Waals surface area (Å²) in [5.41, 5.74) is 0. The molecule has 0 aliphatic heterocycles. The van der Waals surface area contributed by atoms with Gasteiger partial charge in [0.1, 0.15) is 0 Å². The van der Waals surface area contributed by atoms with Gasteiger partial charge in [0.05, 0.1) is 13.2 Å². The van der Waals surface area contributed by atoms with Crippen LogP contribution in [0.3, 0.4) is 0 Å². The van der Waals surface area contributed by atoms with Crippen molar-refractivity contribution in [2.75, 3.05) is 46.9 Å². The van der Waals surface area contributed by atoms with Gasteiger partial charge < -0.3 is 15.0 Å². The van der Waals surface area contributed by atoms with E-state index in [2.05, 4.69) is 30.9 Å². The van der Waals surface area contributed by atoms with E-state index in [0.29, 0.717) is 0 Å². The average molecular weight is 228 g/mol. The van der Waals surface area contributed by atoms with Crippen LogP contribution in [0, 0.1) is 0 Å². The van der Waals surface area contributed by atoms with Gasteiger partial charge in [-0.25, -0.2) is 0 Å². The van der Waals surface area contributed by atoms with Gasteiger partial charge in [-0.2, -0.15) is 0 Å². The lowest BCUT2D eigenvalue weighted by Crippen LogP contribution is -2.23. The van der Waals surface area contributed by atoms with Crippen LogP contribution in [-0.2, 0) is 4.74 Å². The van der Waals surface area contributed by atoms with Crippen LogP contribution in [-0.4, -0.2) is 51.8 Å². The fraction of sp³-hybridized carbons (Fsp3) is 0.846. The highest BCUT2D eigenvalue weighted by molar-refractivity contribution is 4.65. The van der Waals surface area contributed by atoms with Crippen molar-refractivity contribution in [2.24, 2.45) is 0 Å². The molecule has 0 atom stereocenters. The third kappa shape index (κ3) is 13.6. The van der Waals surface area contributed by atoms with Gasteiger partial charge >= 0.3 is 0 Å².